The molecule has 0 radical (unpaired) electrons. The van der Waals surface area contributed by atoms with Crippen molar-refractivity contribution in [3.8, 4) is 5.75 Å². The Bertz CT molecular complexity index is 522. The minimum absolute atomic E-state index is 0.0673. The van der Waals surface area contributed by atoms with E-state index in [1.807, 2.05) is 6.92 Å². The molecule has 1 aromatic heterocycles. The molecule has 2 heterocycles. The molecule has 1 saturated heterocycles. The van der Waals surface area contributed by atoms with Gasteiger partial charge in [-0.2, -0.15) is 0 Å². The van der Waals surface area contributed by atoms with E-state index in [1.54, 1.807) is 0 Å². The molecule has 1 aliphatic rings. The minimum atomic E-state index is -0.255. The summed E-state index contributed by atoms with van der Waals surface area (Å²) in [5.41, 5.74) is 1.47. The lowest BCUT2D eigenvalue weighted by Crippen LogP contribution is -2.35. The summed E-state index contributed by atoms with van der Waals surface area (Å²) < 4.78 is 2.09. The standard InChI is InChI=1S/C16H26N2O2/c1-4-7-18-13(3)9-15(19)16(20)14(18)11-17-8-5-6-12(2)10-17/h9,12,20H,4-8,10-11H2,1-3H3. The molecule has 1 aliphatic heterocycles. The van der Waals surface area contributed by atoms with Crippen molar-refractivity contribution in [3.05, 3.63) is 27.7 Å². The smallest absolute Gasteiger partial charge is 0.223 e. The molecule has 0 aliphatic carbocycles. The first-order valence-electron chi connectivity index (χ1n) is 7.67. The number of aromatic hydroxyl groups is 1. The lowest BCUT2D eigenvalue weighted by atomic mass is 10.00. The normalized spacial score (nSPS) is 20.2. The van der Waals surface area contributed by atoms with E-state index in [2.05, 4.69) is 23.3 Å². The van der Waals surface area contributed by atoms with Gasteiger partial charge in [0, 0.05) is 31.4 Å². The van der Waals surface area contributed by atoms with Crippen molar-refractivity contribution in [2.75, 3.05) is 13.1 Å². The fourth-order valence-electron chi connectivity index (χ4n) is 3.16. The van der Waals surface area contributed by atoms with Crippen molar-refractivity contribution in [3.63, 3.8) is 0 Å². The van der Waals surface area contributed by atoms with Crippen molar-refractivity contribution >= 4 is 0 Å². The summed E-state index contributed by atoms with van der Waals surface area (Å²) in [4.78, 5) is 14.2. The molecule has 0 spiro atoms. The molecule has 0 amide bonds. The van der Waals surface area contributed by atoms with Crippen LogP contribution < -0.4 is 5.43 Å². The Balaban J connectivity index is 2.31. The first-order valence-corrected chi connectivity index (χ1v) is 7.67. The molecule has 4 heteroatoms. The van der Waals surface area contributed by atoms with E-state index in [1.165, 1.54) is 18.9 Å². The van der Waals surface area contributed by atoms with Crippen LogP contribution in [0.3, 0.4) is 0 Å². The summed E-state index contributed by atoms with van der Waals surface area (Å²) in [6.07, 6.45) is 3.47. The van der Waals surface area contributed by atoms with Gasteiger partial charge in [0.1, 0.15) is 0 Å². The van der Waals surface area contributed by atoms with Crippen LogP contribution in [0.2, 0.25) is 0 Å². The molecular formula is C16H26N2O2. The molecule has 2 rings (SSSR count). The maximum absolute atomic E-state index is 11.8. The van der Waals surface area contributed by atoms with Crippen LogP contribution in [0, 0.1) is 12.8 Å². The first-order chi connectivity index (χ1) is 9.52. The molecular weight excluding hydrogens is 252 g/mol. The van der Waals surface area contributed by atoms with Gasteiger partial charge in [-0.3, -0.25) is 9.69 Å². The average Bonchev–Trinajstić information content (AvgIpc) is 2.40. The Hall–Kier alpha value is -1.29. The number of aromatic nitrogens is 1. The Morgan fingerprint density at radius 1 is 1.45 bits per heavy atom. The zero-order valence-corrected chi connectivity index (χ0v) is 12.9. The second kappa shape index (κ2) is 6.44. The molecule has 1 N–H and O–H groups in total. The second-order valence-corrected chi connectivity index (χ2v) is 6.08. The summed E-state index contributed by atoms with van der Waals surface area (Å²) in [5.74, 6) is 0.629. The number of aryl methyl sites for hydroxylation is 1. The van der Waals surface area contributed by atoms with Gasteiger partial charge >= 0.3 is 0 Å². The fraction of sp³-hybridized carbons (Fsp3) is 0.688. The van der Waals surface area contributed by atoms with Crippen LogP contribution in [0.1, 0.15) is 44.5 Å². The van der Waals surface area contributed by atoms with E-state index in [4.69, 9.17) is 0 Å². The van der Waals surface area contributed by atoms with Crippen LogP contribution in [0.15, 0.2) is 10.9 Å². The number of hydrogen-bond acceptors (Lipinski definition) is 3. The maximum Gasteiger partial charge on any atom is 0.223 e. The summed E-state index contributed by atoms with van der Waals surface area (Å²) in [5, 5.41) is 10.2. The van der Waals surface area contributed by atoms with Crippen LogP contribution in [0.25, 0.3) is 0 Å². The van der Waals surface area contributed by atoms with E-state index in [9.17, 15) is 9.90 Å². The third-order valence-corrected chi connectivity index (χ3v) is 4.16. The average molecular weight is 278 g/mol. The van der Waals surface area contributed by atoms with Gasteiger partial charge in [0.15, 0.2) is 5.75 Å². The fourth-order valence-corrected chi connectivity index (χ4v) is 3.16. The van der Waals surface area contributed by atoms with Crippen molar-refractivity contribution in [2.45, 2.75) is 53.1 Å². The molecule has 1 fully saturated rings. The third-order valence-electron chi connectivity index (χ3n) is 4.16. The summed E-state index contributed by atoms with van der Waals surface area (Å²) in [6.45, 7) is 9.94. The number of rotatable bonds is 4. The zero-order chi connectivity index (χ0) is 14.7. The lowest BCUT2D eigenvalue weighted by molar-refractivity contribution is 0.170. The van der Waals surface area contributed by atoms with Crippen LogP contribution in [0.4, 0.5) is 0 Å². The van der Waals surface area contributed by atoms with Crippen molar-refractivity contribution in [2.24, 2.45) is 5.92 Å². The Kier molecular flexibility index (Phi) is 4.86. The van der Waals surface area contributed by atoms with Crippen LogP contribution in [-0.2, 0) is 13.1 Å². The highest BCUT2D eigenvalue weighted by Crippen LogP contribution is 2.22. The van der Waals surface area contributed by atoms with Crippen molar-refractivity contribution in [1.82, 2.24) is 9.47 Å². The number of nitrogens with zero attached hydrogens (tertiary/aromatic N) is 2. The summed E-state index contributed by atoms with van der Waals surface area (Å²) in [6, 6.07) is 1.54. The van der Waals surface area contributed by atoms with Crippen molar-refractivity contribution < 1.29 is 5.11 Å². The number of pyridine rings is 1. The highest BCUT2D eigenvalue weighted by Gasteiger charge is 2.20. The van der Waals surface area contributed by atoms with Gasteiger partial charge < -0.3 is 9.67 Å². The Morgan fingerprint density at radius 2 is 2.20 bits per heavy atom. The monoisotopic (exact) mass is 278 g/mol. The van der Waals surface area contributed by atoms with Gasteiger partial charge in [0.05, 0.1) is 5.69 Å². The highest BCUT2D eigenvalue weighted by molar-refractivity contribution is 5.29. The van der Waals surface area contributed by atoms with E-state index < -0.39 is 0 Å². The Morgan fingerprint density at radius 3 is 2.85 bits per heavy atom. The van der Waals surface area contributed by atoms with Gasteiger partial charge in [0.2, 0.25) is 5.43 Å². The Labute approximate surface area is 121 Å². The predicted octanol–water partition coefficient (Wildman–Crippen LogP) is 2.50. The lowest BCUT2D eigenvalue weighted by Gasteiger charge is -2.32. The SMILES string of the molecule is CCCn1c(C)cc(=O)c(O)c1CN1CCCC(C)C1. The molecule has 112 valence electrons. The molecule has 1 aromatic rings. The first kappa shape index (κ1) is 15.1. The third kappa shape index (κ3) is 3.23. The topological polar surface area (TPSA) is 45.5 Å². The zero-order valence-electron chi connectivity index (χ0n) is 12.9. The maximum atomic E-state index is 11.8. The minimum Gasteiger partial charge on any atom is -0.503 e. The summed E-state index contributed by atoms with van der Waals surface area (Å²) in [7, 11) is 0. The molecule has 1 atom stereocenters. The van der Waals surface area contributed by atoms with Gasteiger partial charge in [-0.25, -0.2) is 0 Å². The van der Waals surface area contributed by atoms with Gasteiger partial charge in [-0.1, -0.05) is 13.8 Å². The van der Waals surface area contributed by atoms with Crippen LogP contribution in [0.5, 0.6) is 5.75 Å². The van der Waals surface area contributed by atoms with Gasteiger partial charge in [0.25, 0.3) is 0 Å². The van der Waals surface area contributed by atoms with E-state index in [-0.39, 0.29) is 11.2 Å². The quantitative estimate of drug-likeness (QED) is 0.920. The highest BCUT2D eigenvalue weighted by atomic mass is 16.3. The molecule has 1 unspecified atom stereocenters. The number of likely N-dealkylation sites (tertiary alicyclic amines) is 1. The van der Waals surface area contributed by atoms with Crippen LogP contribution in [-0.4, -0.2) is 27.7 Å². The van der Waals surface area contributed by atoms with E-state index >= 15 is 0 Å². The van der Waals surface area contributed by atoms with Crippen LogP contribution >= 0.6 is 0 Å². The van der Waals surface area contributed by atoms with E-state index in [0.29, 0.717) is 12.5 Å². The van der Waals surface area contributed by atoms with Crippen molar-refractivity contribution in [1.29, 1.82) is 0 Å². The molecule has 0 saturated carbocycles. The largest absolute Gasteiger partial charge is 0.503 e. The van der Waals surface area contributed by atoms with Gasteiger partial charge in [-0.05, 0) is 38.6 Å². The molecule has 0 bridgehead atoms. The second-order valence-electron chi connectivity index (χ2n) is 6.08. The molecule has 20 heavy (non-hydrogen) atoms. The number of piperidine rings is 1. The summed E-state index contributed by atoms with van der Waals surface area (Å²) >= 11 is 0. The molecule has 4 nitrogen and oxygen atoms in total. The van der Waals surface area contributed by atoms with E-state index in [0.717, 1.165) is 37.4 Å². The molecule has 0 aromatic carbocycles. The number of hydrogen-bond donors (Lipinski definition) is 1. The predicted molar refractivity (Wildman–Crippen MR) is 81.1 cm³/mol. The van der Waals surface area contributed by atoms with Gasteiger partial charge in [-0.15, -0.1) is 0 Å².